The zero-order valence-electron chi connectivity index (χ0n) is 13.6. The first-order valence-corrected chi connectivity index (χ1v) is 7.43. The molecule has 0 radical (unpaired) electrons. The van der Waals surface area contributed by atoms with E-state index in [0.29, 0.717) is 6.61 Å². The number of carboxylic acids is 2. The molecule has 1 atom stereocenters. The normalized spacial score (nSPS) is 11.3. The van der Waals surface area contributed by atoms with Crippen molar-refractivity contribution in [3.63, 3.8) is 0 Å². The van der Waals surface area contributed by atoms with E-state index in [9.17, 15) is 9.59 Å². The standard InChI is InChI=1S/C8H6O4.C8H18O4/c9-7(10)5-1-2-6(4-3-5)8(11)12;1-2-8(12-7-10)4-3-5-11-6-9/h1-4H,(H,9,10)(H,11,12);8-10H,2-7H2,1H3. The number of benzene rings is 1. The van der Waals surface area contributed by atoms with E-state index in [1.807, 2.05) is 6.92 Å². The molecule has 0 saturated heterocycles. The molecule has 0 aromatic heterocycles. The van der Waals surface area contributed by atoms with E-state index in [1.165, 1.54) is 24.3 Å². The van der Waals surface area contributed by atoms with Gasteiger partial charge in [0.05, 0.1) is 17.2 Å². The van der Waals surface area contributed by atoms with Crippen LogP contribution in [0.1, 0.15) is 46.9 Å². The van der Waals surface area contributed by atoms with Crippen molar-refractivity contribution in [3.8, 4) is 0 Å². The summed E-state index contributed by atoms with van der Waals surface area (Å²) in [6.07, 6.45) is 2.70. The van der Waals surface area contributed by atoms with Crippen LogP contribution in [-0.4, -0.2) is 58.7 Å². The van der Waals surface area contributed by atoms with Crippen LogP contribution < -0.4 is 0 Å². The van der Waals surface area contributed by atoms with Gasteiger partial charge in [-0.2, -0.15) is 0 Å². The fraction of sp³-hybridized carbons (Fsp3) is 0.500. The van der Waals surface area contributed by atoms with Crippen molar-refractivity contribution in [2.75, 3.05) is 20.2 Å². The van der Waals surface area contributed by atoms with Crippen LogP contribution in [-0.2, 0) is 9.47 Å². The molecule has 0 aliphatic carbocycles. The maximum atomic E-state index is 10.3. The maximum absolute atomic E-state index is 10.3. The molecule has 0 spiro atoms. The fourth-order valence-electron chi connectivity index (χ4n) is 1.74. The molecule has 1 aromatic rings. The molecule has 0 fully saturated rings. The number of aromatic carboxylic acids is 2. The SMILES string of the molecule is CCC(CCCOCO)OCO.O=C(O)c1ccc(C(=O)O)cc1. The first-order valence-electron chi connectivity index (χ1n) is 7.43. The lowest BCUT2D eigenvalue weighted by Crippen LogP contribution is -2.13. The lowest BCUT2D eigenvalue weighted by molar-refractivity contribution is -0.0600. The van der Waals surface area contributed by atoms with Crippen molar-refractivity contribution < 1.29 is 39.5 Å². The highest BCUT2D eigenvalue weighted by molar-refractivity contribution is 5.91. The second-order valence-corrected chi connectivity index (χ2v) is 4.69. The Morgan fingerprint density at radius 1 is 1.00 bits per heavy atom. The first kappa shape index (κ1) is 22.0. The summed E-state index contributed by atoms with van der Waals surface area (Å²) in [7, 11) is 0. The highest BCUT2D eigenvalue weighted by atomic mass is 16.6. The summed E-state index contributed by atoms with van der Waals surface area (Å²) in [5.74, 6) is -2.13. The summed E-state index contributed by atoms with van der Waals surface area (Å²) in [4.78, 5) is 20.7. The van der Waals surface area contributed by atoms with Crippen LogP contribution in [0.5, 0.6) is 0 Å². The summed E-state index contributed by atoms with van der Waals surface area (Å²) in [5.41, 5.74) is 0.167. The van der Waals surface area contributed by atoms with Gasteiger partial charge in [0.25, 0.3) is 0 Å². The molecule has 0 saturated carbocycles. The molecule has 1 unspecified atom stereocenters. The molecule has 24 heavy (non-hydrogen) atoms. The van der Waals surface area contributed by atoms with Crippen LogP contribution in [0.4, 0.5) is 0 Å². The Morgan fingerprint density at radius 3 is 1.83 bits per heavy atom. The van der Waals surface area contributed by atoms with Gasteiger partial charge in [0, 0.05) is 6.61 Å². The van der Waals surface area contributed by atoms with Gasteiger partial charge in [-0.05, 0) is 43.5 Å². The van der Waals surface area contributed by atoms with Crippen molar-refractivity contribution >= 4 is 11.9 Å². The van der Waals surface area contributed by atoms with Crippen molar-refractivity contribution in [3.05, 3.63) is 35.4 Å². The van der Waals surface area contributed by atoms with Gasteiger partial charge in [-0.3, -0.25) is 0 Å². The lowest BCUT2D eigenvalue weighted by atomic mass is 10.1. The van der Waals surface area contributed by atoms with E-state index in [4.69, 9.17) is 29.9 Å². The van der Waals surface area contributed by atoms with Crippen LogP contribution >= 0.6 is 0 Å². The Morgan fingerprint density at radius 2 is 1.50 bits per heavy atom. The van der Waals surface area contributed by atoms with Gasteiger partial charge >= 0.3 is 11.9 Å². The Labute approximate surface area is 140 Å². The monoisotopic (exact) mass is 344 g/mol. The highest BCUT2D eigenvalue weighted by Gasteiger charge is 2.05. The average Bonchev–Trinajstić information content (AvgIpc) is 2.58. The molecule has 0 amide bonds. The predicted molar refractivity (Wildman–Crippen MR) is 84.9 cm³/mol. The Balaban J connectivity index is 0.000000441. The number of hydrogen-bond acceptors (Lipinski definition) is 6. The third-order valence-corrected chi connectivity index (χ3v) is 3.05. The zero-order chi connectivity index (χ0) is 18.4. The lowest BCUT2D eigenvalue weighted by Gasteiger charge is -2.13. The minimum absolute atomic E-state index is 0.0833. The van der Waals surface area contributed by atoms with E-state index in [-0.39, 0.29) is 30.8 Å². The van der Waals surface area contributed by atoms with E-state index in [1.54, 1.807) is 0 Å². The first-order chi connectivity index (χ1) is 11.5. The summed E-state index contributed by atoms with van der Waals surface area (Å²) in [6.45, 7) is 2.10. The number of hydrogen-bond donors (Lipinski definition) is 4. The summed E-state index contributed by atoms with van der Waals surface area (Å²) in [5, 5.41) is 33.7. The van der Waals surface area contributed by atoms with Gasteiger partial charge in [-0.25, -0.2) is 9.59 Å². The van der Waals surface area contributed by atoms with E-state index >= 15 is 0 Å². The zero-order valence-corrected chi connectivity index (χ0v) is 13.6. The van der Waals surface area contributed by atoms with Gasteiger partial charge in [0.15, 0.2) is 0 Å². The van der Waals surface area contributed by atoms with Gasteiger partial charge in [-0.15, -0.1) is 0 Å². The number of rotatable bonds is 10. The van der Waals surface area contributed by atoms with Crippen LogP contribution in [0.25, 0.3) is 0 Å². The Bertz CT molecular complexity index is 438. The van der Waals surface area contributed by atoms with Gasteiger partial charge in [0.1, 0.15) is 13.6 Å². The van der Waals surface area contributed by atoms with Crippen molar-refractivity contribution in [1.82, 2.24) is 0 Å². The van der Waals surface area contributed by atoms with Crippen LogP contribution in [0, 0.1) is 0 Å². The topological polar surface area (TPSA) is 134 Å². The molecule has 1 rings (SSSR count). The molecule has 0 bridgehead atoms. The molecule has 0 aliphatic heterocycles. The Hall–Kier alpha value is -2.00. The summed E-state index contributed by atoms with van der Waals surface area (Å²) < 4.78 is 9.75. The molecular weight excluding hydrogens is 320 g/mol. The molecule has 0 aliphatic rings. The number of aliphatic hydroxyl groups is 2. The van der Waals surface area contributed by atoms with Crippen LogP contribution in [0.3, 0.4) is 0 Å². The predicted octanol–water partition coefficient (Wildman–Crippen LogP) is 1.56. The van der Waals surface area contributed by atoms with Gasteiger partial charge < -0.3 is 29.9 Å². The Kier molecular flexibility index (Phi) is 12.3. The molecule has 136 valence electrons. The molecule has 1 aromatic carbocycles. The van der Waals surface area contributed by atoms with Crippen molar-refractivity contribution in [2.45, 2.75) is 32.3 Å². The maximum Gasteiger partial charge on any atom is 0.335 e. The van der Waals surface area contributed by atoms with Gasteiger partial charge in [0.2, 0.25) is 0 Å². The quantitative estimate of drug-likeness (QED) is 0.371. The van der Waals surface area contributed by atoms with Crippen LogP contribution in [0.2, 0.25) is 0 Å². The third-order valence-electron chi connectivity index (χ3n) is 3.05. The third kappa shape index (κ3) is 9.90. The minimum Gasteiger partial charge on any atom is -0.478 e. The van der Waals surface area contributed by atoms with E-state index in [0.717, 1.165) is 19.3 Å². The average molecular weight is 344 g/mol. The largest absolute Gasteiger partial charge is 0.478 e. The number of carbonyl (C=O) groups is 2. The molecule has 8 nitrogen and oxygen atoms in total. The molecular formula is C16H24O8. The van der Waals surface area contributed by atoms with E-state index < -0.39 is 11.9 Å². The molecule has 4 N–H and O–H groups in total. The smallest absolute Gasteiger partial charge is 0.335 e. The van der Waals surface area contributed by atoms with Crippen molar-refractivity contribution in [1.29, 1.82) is 0 Å². The van der Waals surface area contributed by atoms with Crippen molar-refractivity contribution in [2.24, 2.45) is 0 Å². The number of aliphatic hydroxyl groups excluding tert-OH is 2. The minimum atomic E-state index is -1.06. The number of ether oxygens (including phenoxy) is 2. The fourth-order valence-corrected chi connectivity index (χ4v) is 1.74. The highest BCUT2D eigenvalue weighted by Crippen LogP contribution is 2.06. The summed E-state index contributed by atoms with van der Waals surface area (Å²) in [6, 6.07) is 5.02. The van der Waals surface area contributed by atoms with Gasteiger partial charge in [-0.1, -0.05) is 6.92 Å². The number of carboxylic acid groups (broad SMARTS) is 2. The van der Waals surface area contributed by atoms with Crippen LogP contribution in [0.15, 0.2) is 24.3 Å². The molecule has 0 heterocycles. The second-order valence-electron chi connectivity index (χ2n) is 4.69. The second kappa shape index (κ2) is 13.4. The molecule has 8 heteroatoms. The summed E-state index contributed by atoms with van der Waals surface area (Å²) >= 11 is 0. The van der Waals surface area contributed by atoms with E-state index in [2.05, 4.69) is 0 Å².